The van der Waals surface area contributed by atoms with Crippen molar-refractivity contribution in [1.29, 1.82) is 0 Å². The van der Waals surface area contributed by atoms with Gasteiger partial charge in [0.1, 0.15) is 5.75 Å². The normalized spacial score (nSPS) is 12.0. The standard InChI is InChI=1S/C19H18BrN3O3/c1-11(12-8-9-16(26-3)15(20)10-12)21-18(24)17-13-6-4-5-7-14(13)19(25)23(2)22-17/h4-11H,1-3H3,(H,21,24)/t11-/m0/s1. The average Bonchev–Trinajstić information content (AvgIpc) is 2.64. The number of hydrogen-bond acceptors (Lipinski definition) is 4. The quantitative estimate of drug-likeness (QED) is 0.709. The molecule has 0 saturated carbocycles. The SMILES string of the molecule is COc1ccc([C@H](C)NC(=O)c2nn(C)c(=O)c3ccccc23)cc1Br. The number of carbonyl (C=O) groups is 1. The van der Waals surface area contributed by atoms with Crippen LogP contribution in [0.3, 0.4) is 0 Å². The molecule has 1 amide bonds. The van der Waals surface area contributed by atoms with Crippen LogP contribution in [0, 0.1) is 0 Å². The molecule has 0 aliphatic rings. The molecule has 7 heteroatoms. The fourth-order valence-corrected chi connectivity index (χ4v) is 3.33. The van der Waals surface area contributed by atoms with Crippen LogP contribution in [0.1, 0.15) is 29.0 Å². The first-order valence-corrected chi connectivity index (χ1v) is 8.82. The number of halogens is 1. The molecule has 1 aromatic heterocycles. The van der Waals surface area contributed by atoms with Crippen molar-refractivity contribution >= 4 is 32.6 Å². The van der Waals surface area contributed by atoms with E-state index < -0.39 is 0 Å². The number of nitrogens with zero attached hydrogens (tertiary/aromatic N) is 2. The van der Waals surface area contributed by atoms with Crippen molar-refractivity contribution < 1.29 is 9.53 Å². The Balaban J connectivity index is 1.93. The van der Waals surface area contributed by atoms with Gasteiger partial charge in [-0.15, -0.1) is 0 Å². The van der Waals surface area contributed by atoms with E-state index in [1.807, 2.05) is 25.1 Å². The minimum absolute atomic E-state index is 0.224. The molecule has 26 heavy (non-hydrogen) atoms. The zero-order valence-electron chi connectivity index (χ0n) is 14.6. The van der Waals surface area contributed by atoms with Gasteiger partial charge in [0, 0.05) is 12.4 Å². The number of ether oxygens (including phenoxy) is 1. The predicted molar refractivity (Wildman–Crippen MR) is 104 cm³/mol. The first kappa shape index (κ1) is 18.1. The highest BCUT2D eigenvalue weighted by Crippen LogP contribution is 2.28. The second kappa shape index (κ2) is 7.29. The van der Waals surface area contributed by atoms with Gasteiger partial charge in [0.05, 0.1) is 23.0 Å². The van der Waals surface area contributed by atoms with Crippen LogP contribution < -0.4 is 15.6 Å². The fraction of sp³-hybridized carbons (Fsp3) is 0.211. The molecule has 0 aliphatic carbocycles. The van der Waals surface area contributed by atoms with Gasteiger partial charge in [-0.3, -0.25) is 9.59 Å². The van der Waals surface area contributed by atoms with Gasteiger partial charge < -0.3 is 10.1 Å². The summed E-state index contributed by atoms with van der Waals surface area (Å²) in [6.07, 6.45) is 0. The van der Waals surface area contributed by atoms with E-state index in [-0.39, 0.29) is 23.2 Å². The van der Waals surface area contributed by atoms with Crippen molar-refractivity contribution in [2.45, 2.75) is 13.0 Å². The molecule has 2 aromatic carbocycles. The van der Waals surface area contributed by atoms with Crippen LogP contribution in [0.25, 0.3) is 10.8 Å². The molecule has 134 valence electrons. The lowest BCUT2D eigenvalue weighted by molar-refractivity contribution is 0.0934. The topological polar surface area (TPSA) is 73.2 Å². The molecule has 0 unspecified atom stereocenters. The number of fused-ring (bicyclic) bond motifs is 1. The molecule has 6 nitrogen and oxygen atoms in total. The molecule has 1 heterocycles. The Kier molecular flexibility index (Phi) is 5.08. The van der Waals surface area contributed by atoms with Crippen LogP contribution in [0.2, 0.25) is 0 Å². The third-order valence-corrected chi connectivity index (χ3v) is 4.81. The fourth-order valence-electron chi connectivity index (χ4n) is 2.77. The molecule has 1 atom stereocenters. The molecule has 0 aliphatic heterocycles. The van der Waals surface area contributed by atoms with Crippen molar-refractivity contribution in [2.24, 2.45) is 7.05 Å². The van der Waals surface area contributed by atoms with E-state index >= 15 is 0 Å². The number of amides is 1. The van der Waals surface area contributed by atoms with Crippen molar-refractivity contribution in [2.75, 3.05) is 7.11 Å². The van der Waals surface area contributed by atoms with Crippen molar-refractivity contribution in [3.8, 4) is 5.75 Å². The van der Waals surface area contributed by atoms with Crippen LogP contribution in [-0.2, 0) is 7.05 Å². The molecule has 1 N–H and O–H groups in total. The highest BCUT2D eigenvalue weighted by atomic mass is 79.9. The van der Waals surface area contributed by atoms with E-state index in [4.69, 9.17) is 4.74 Å². The molecular weight excluding hydrogens is 398 g/mol. The minimum Gasteiger partial charge on any atom is -0.496 e. The Morgan fingerprint density at radius 1 is 1.23 bits per heavy atom. The third kappa shape index (κ3) is 3.35. The summed E-state index contributed by atoms with van der Waals surface area (Å²) in [5.41, 5.74) is 0.909. The maximum absolute atomic E-state index is 12.8. The van der Waals surface area contributed by atoms with Crippen molar-refractivity contribution in [3.63, 3.8) is 0 Å². The van der Waals surface area contributed by atoms with E-state index in [0.717, 1.165) is 15.8 Å². The number of methoxy groups -OCH3 is 1. The zero-order chi connectivity index (χ0) is 18.8. The van der Waals surface area contributed by atoms with Gasteiger partial charge in [-0.25, -0.2) is 4.68 Å². The van der Waals surface area contributed by atoms with Gasteiger partial charge in [0.25, 0.3) is 11.5 Å². The molecule has 0 spiro atoms. The summed E-state index contributed by atoms with van der Waals surface area (Å²) in [4.78, 5) is 25.0. The van der Waals surface area contributed by atoms with Gasteiger partial charge >= 0.3 is 0 Å². The average molecular weight is 416 g/mol. The van der Waals surface area contributed by atoms with Gasteiger partial charge in [0.2, 0.25) is 0 Å². The first-order chi connectivity index (χ1) is 12.4. The molecule has 0 radical (unpaired) electrons. The second-order valence-electron chi connectivity index (χ2n) is 5.91. The maximum atomic E-state index is 12.8. The van der Waals surface area contributed by atoms with Crippen LogP contribution >= 0.6 is 15.9 Å². The van der Waals surface area contributed by atoms with Gasteiger partial charge in [-0.2, -0.15) is 5.10 Å². The smallest absolute Gasteiger partial charge is 0.274 e. The monoisotopic (exact) mass is 415 g/mol. The summed E-state index contributed by atoms with van der Waals surface area (Å²) in [5, 5.41) is 8.10. The summed E-state index contributed by atoms with van der Waals surface area (Å²) < 4.78 is 7.22. The summed E-state index contributed by atoms with van der Waals surface area (Å²) in [5.74, 6) is 0.384. The van der Waals surface area contributed by atoms with E-state index in [1.165, 1.54) is 11.7 Å². The highest BCUT2D eigenvalue weighted by Gasteiger charge is 2.18. The Morgan fingerprint density at radius 2 is 1.92 bits per heavy atom. The zero-order valence-corrected chi connectivity index (χ0v) is 16.2. The van der Waals surface area contributed by atoms with E-state index in [0.29, 0.717) is 10.8 Å². The van der Waals surface area contributed by atoms with Crippen LogP contribution in [0.5, 0.6) is 5.75 Å². The highest BCUT2D eigenvalue weighted by molar-refractivity contribution is 9.10. The van der Waals surface area contributed by atoms with Crippen LogP contribution in [-0.4, -0.2) is 22.8 Å². The minimum atomic E-state index is -0.337. The van der Waals surface area contributed by atoms with Gasteiger partial charge in [-0.1, -0.05) is 24.3 Å². The largest absolute Gasteiger partial charge is 0.496 e. The number of rotatable bonds is 4. The Morgan fingerprint density at radius 3 is 2.58 bits per heavy atom. The van der Waals surface area contributed by atoms with Gasteiger partial charge in [0.15, 0.2) is 5.69 Å². The Hall–Kier alpha value is -2.67. The van der Waals surface area contributed by atoms with Crippen molar-refractivity contribution in [3.05, 3.63) is 68.5 Å². The number of hydrogen-bond donors (Lipinski definition) is 1. The lowest BCUT2D eigenvalue weighted by atomic mass is 10.1. The first-order valence-electron chi connectivity index (χ1n) is 8.02. The van der Waals surface area contributed by atoms with Gasteiger partial charge in [-0.05, 0) is 46.6 Å². The van der Waals surface area contributed by atoms with Crippen molar-refractivity contribution in [1.82, 2.24) is 15.1 Å². The number of aryl methyl sites for hydroxylation is 1. The van der Waals surface area contributed by atoms with E-state index in [1.54, 1.807) is 31.4 Å². The number of carbonyl (C=O) groups excluding carboxylic acids is 1. The lowest BCUT2D eigenvalue weighted by Gasteiger charge is -2.16. The van der Waals surface area contributed by atoms with Crippen LogP contribution in [0.4, 0.5) is 0 Å². The maximum Gasteiger partial charge on any atom is 0.274 e. The Bertz CT molecular complexity index is 1050. The van der Waals surface area contributed by atoms with E-state index in [2.05, 4.69) is 26.3 Å². The number of benzene rings is 2. The number of nitrogens with one attached hydrogen (secondary N) is 1. The lowest BCUT2D eigenvalue weighted by Crippen LogP contribution is -2.31. The third-order valence-electron chi connectivity index (χ3n) is 4.20. The number of aromatic nitrogens is 2. The second-order valence-corrected chi connectivity index (χ2v) is 6.77. The molecule has 0 bridgehead atoms. The Labute approximate surface area is 158 Å². The summed E-state index contributed by atoms with van der Waals surface area (Å²) >= 11 is 3.45. The van der Waals surface area contributed by atoms with E-state index in [9.17, 15) is 9.59 Å². The summed E-state index contributed by atoms with van der Waals surface area (Å²) in [7, 11) is 3.14. The molecule has 3 rings (SSSR count). The molecule has 3 aromatic rings. The predicted octanol–water partition coefficient (Wildman–Crippen LogP) is 3.20. The molecular formula is C19H18BrN3O3. The molecule has 0 fully saturated rings. The summed E-state index contributed by atoms with van der Waals surface area (Å²) in [6, 6.07) is 12.3. The summed E-state index contributed by atoms with van der Waals surface area (Å²) in [6.45, 7) is 1.89. The van der Waals surface area contributed by atoms with Crippen LogP contribution in [0.15, 0.2) is 51.7 Å². The molecule has 0 saturated heterocycles.